The van der Waals surface area contributed by atoms with Crippen molar-refractivity contribution in [2.75, 3.05) is 0 Å². The summed E-state index contributed by atoms with van der Waals surface area (Å²) in [6, 6.07) is 4.11. The number of halogens is 1. The number of hydrogen-bond donors (Lipinski definition) is 1. The van der Waals surface area contributed by atoms with Crippen LogP contribution in [0, 0.1) is 30.3 Å². The van der Waals surface area contributed by atoms with Gasteiger partial charge in [0, 0.05) is 23.6 Å². The molecule has 3 aromatic rings. The van der Waals surface area contributed by atoms with Gasteiger partial charge in [0.1, 0.15) is 9.99 Å². The van der Waals surface area contributed by atoms with Crippen LogP contribution in [0.4, 0.5) is 17.1 Å². The monoisotopic (exact) mass is 408 g/mol. The molecule has 25 heavy (non-hydrogen) atoms. The summed E-state index contributed by atoms with van der Waals surface area (Å²) in [6.45, 7) is 0. The van der Waals surface area contributed by atoms with E-state index in [-0.39, 0.29) is 31.8 Å². The molecule has 0 unspecified atom stereocenters. The summed E-state index contributed by atoms with van der Waals surface area (Å²) in [6.07, 6.45) is 0. The number of nitro benzene ring substituents is 3. The Morgan fingerprint density at radius 1 is 0.920 bits per heavy atom. The highest BCUT2D eigenvalue weighted by molar-refractivity contribution is 9.10. The van der Waals surface area contributed by atoms with Gasteiger partial charge in [-0.3, -0.25) is 35.1 Å². The van der Waals surface area contributed by atoms with E-state index in [9.17, 15) is 35.1 Å². The van der Waals surface area contributed by atoms with E-state index >= 15 is 0 Å². The molecule has 3 rings (SSSR count). The van der Waals surface area contributed by atoms with Crippen molar-refractivity contribution < 1.29 is 14.8 Å². The quantitative estimate of drug-likeness (QED) is 0.394. The highest BCUT2D eigenvalue weighted by Gasteiger charge is 2.28. The van der Waals surface area contributed by atoms with Crippen LogP contribution in [-0.2, 0) is 0 Å². The second kappa shape index (κ2) is 5.59. The molecule has 0 fully saturated rings. The minimum absolute atomic E-state index is 0.000417. The number of hydrogen-bond acceptors (Lipinski definition) is 7. The van der Waals surface area contributed by atoms with Crippen molar-refractivity contribution in [3.05, 3.63) is 69.4 Å². The summed E-state index contributed by atoms with van der Waals surface area (Å²) in [7, 11) is 0. The van der Waals surface area contributed by atoms with Crippen LogP contribution in [-0.4, -0.2) is 19.8 Å². The molecule has 11 nitrogen and oxygen atoms in total. The number of fused-ring (bicyclic) bond motifs is 3. The van der Waals surface area contributed by atoms with Gasteiger partial charge >= 0.3 is 0 Å². The Balaban J connectivity index is 2.66. The number of aromatic amines is 1. The van der Waals surface area contributed by atoms with Crippen molar-refractivity contribution in [2.24, 2.45) is 0 Å². The zero-order valence-electron chi connectivity index (χ0n) is 11.9. The highest BCUT2D eigenvalue weighted by Crippen LogP contribution is 2.41. The molecule has 0 amide bonds. The van der Waals surface area contributed by atoms with Gasteiger partial charge in [0.2, 0.25) is 0 Å². The van der Waals surface area contributed by atoms with Crippen LogP contribution in [0.25, 0.3) is 21.7 Å². The smallest absolute Gasteiger partial charge is 0.295 e. The largest absolute Gasteiger partial charge is 0.315 e. The Hall–Kier alpha value is -3.41. The van der Waals surface area contributed by atoms with Crippen molar-refractivity contribution in [3.8, 4) is 0 Å². The molecule has 1 N–H and O–H groups in total. The number of benzene rings is 2. The van der Waals surface area contributed by atoms with Crippen LogP contribution in [0.15, 0.2) is 33.5 Å². The molecule has 0 aliphatic carbocycles. The second-order valence-corrected chi connectivity index (χ2v) is 5.79. The van der Waals surface area contributed by atoms with Crippen LogP contribution < -0.4 is 5.56 Å². The van der Waals surface area contributed by atoms with E-state index in [2.05, 4.69) is 20.9 Å². The fourth-order valence-corrected chi connectivity index (χ4v) is 3.13. The van der Waals surface area contributed by atoms with Gasteiger partial charge in [-0.25, -0.2) is 0 Å². The zero-order valence-corrected chi connectivity index (χ0v) is 13.5. The van der Waals surface area contributed by atoms with Crippen LogP contribution >= 0.6 is 15.9 Å². The Morgan fingerprint density at radius 3 is 2.16 bits per heavy atom. The fraction of sp³-hybridized carbons (Fsp3) is 0. The summed E-state index contributed by atoms with van der Waals surface area (Å²) in [5.74, 6) is 0. The Labute approximate surface area is 144 Å². The summed E-state index contributed by atoms with van der Waals surface area (Å²) < 4.78 is -0.150. The van der Waals surface area contributed by atoms with Crippen LogP contribution in [0.2, 0.25) is 0 Å². The molecule has 12 heteroatoms. The Morgan fingerprint density at radius 2 is 1.60 bits per heavy atom. The number of non-ortho nitro benzene ring substituents is 2. The maximum atomic E-state index is 12.2. The van der Waals surface area contributed by atoms with Gasteiger partial charge in [-0.05, 0) is 22.0 Å². The van der Waals surface area contributed by atoms with Gasteiger partial charge in [0.05, 0.1) is 25.5 Å². The molecule has 2 aromatic carbocycles. The molecule has 0 aliphatic rings. The first-order chi connectivity index (χ1) is 11.7. The van der Waals surface area contributed by atoms with E-state index in [1.165, 1.54) is 0 Å². The molecule has 0 saturated heterocycles. The molecule has 126 valence electrons. The molecular weight excluding hydrogens is 404 g/mol. The maximum absolute atomic E-state index is 12.2. The molecule has 0 atom stereocenters. The van der Waals surface area contributed by atoms with Crippen LogP contribution in [0.1, 0.15) is 0 Å². The van der Waals surface area contributed by atoms with Crippen molar-refractivity contribution in [2.45, 2.75) is 0 Å². The molecule has 0 radical (unpaired) electrons. The minimum atomic E-state index is -0.828. The lowest BCUT2D eigenvalue weighted by Gasteiger charge is -2.07. The van der Waals surface area contributed by atoms with E-state index < -0.39 is 31.7 Å². The highest BCUT2D eigenvalue weighted by atomic mass is 79.9. The van der Waals surface area contributed by atoms with Gasteiger partial charge in [0.25, 0.3) is 22.6 Å². The fourth-order valence-electron chi connectivity index (χ4n) is 2.57. The number of pyridine rings is 1. The first kappa shape index (κ1) is 16.4. The lowest BCUT2D eigenvalue weighted by atomic mass is 10.0. The lowest BCUT2D eigenvalue weighted by Crippen LogP contribution is -2.09. The summed E-state index contributed by atoms with van der Waals surface area (Å²) in [4.78, 5) is 45.7. The summed E-state index contributed by atoms with van der Waals surface area (Å²) >= 11 is 2.93. The minimum Gasteiger partial charge on any atom is -0.315 e. The molecular formula is C13H5BrN4O7. The molecule has 0 saturated carbocycles. The third-order valence-electron chi connectivity index (χ3n) is 3.58. The summed E-state index contributed by atoms with van der Waals surface area (Å²) in [5.41, 5.74) is -2.57. The van der Waals surface area contributed by atoms with E-state index in [4.69, 9.17) is 0 Å². The molecule has 1 aromatic heterocycles. The van der Waals surface area contributed by atoms with E-state index in [1.807, 2.05) is 0 Å². The number of aromatic nitrogens is 1. The summed E-state index contributed by atoms with van der Waals surface area (Å²) in [5, 5.41) is 33.2. The van der Waals surface area contributed by atoms with Gasteiger partial charge in [-0.2, -0.15) is 0 Å². The second-order valence-electron chi connectivity index (χ2n) is 4.93. The third kappa shape index (κ3) is 2.48. The van der Waals surface area contributed by atoms with Crippen molar-refractivity contribution in [1.29, 1.82) is 0 Å². The standard InChI is InChI=1S/C13H5BrN4O7/c14-8-4-9(17(22)23)11-10(12(8)18(24)25)6-2-1-5(16(20)21)3-7(6)13(19)15-11/h1-4H,(H,15,19). The van der Waals surface area contributed by atoms with Crippen LogP contribution in [0.5, 0.6) is 0 Å². The molecule has 1 heterocycles. The van der Waals surface area contributed by atoms with Crippen molar-refractivity contribution >= 4 is 54.7 Å². The molecule has 0 spiro atoms. The maximum Gasteiger partial charge on any atom is 0.295 e. The van der Waals surface area contributed by atoms with Crippen LogP contribution in [0.3, 0.4) is 0 Å². The van der Waals surface area contributed by atoms with E-state index in [0.717, 1.165) is 24.3 Å². The topological polar surface area (TPSA) is 162 Å². The van der Waals surface area contributed by atoms with Gasteiger partial charge < -0.3 is 4.98 Å². The predicted molar refractivity (Wildman–Crippen MR) is 89.7 cm³/mol. The lowest BCUT2D eigenvalue weighted by molar-refractivity contribution is -0.387. The molecule has 0 bridgehead atoms. The van der Waals surface area contributed by atoms with E-state index in [0.29, 0.717) is 0 Å². The Bertz CT molecular complexity index is 1170. The van der Waals surface area contributed by atoms with Gasteiger partial charge in [-0.1, -0.05) is 0 Å². The SMILES string of the molecule is O=c1[nH]c2c([N+](=O)[O-])cc(Br)c([N+](=O)[O-])c2c2ccc([N+](=O)[O-])cc12. The number of H-pyrrole nitrogens is 1. The van der Waals surface area contributed by atoms with Crippen molar-refractivity contribution in [1.82, 2.24) is 4.98 Å². The first-order valence-corrected chi connectivity index (χ1v) is 7.27. The van der Waals surface area contributed by atoms with Crippen molar-refractivity contribution in [3.63, 3.8) is 0 Å². The zero-order chi connectivity index (χ0) is 18.5. The van der Waals surface area contributed by atoms with Gasteiger partial charge in [-0.15, -0.1) is 0 Å². The number of nitro groups is 3. The molecule has 0 aliphatic heterocycles. The number of nitrogens with one attached hydrogen (secondary N) is 1. The number of nitrogens with zero attached hydrogens (tertiary/aromatic N) is 3. The first-order valence-electron chi connectivity index (χ1n) is 6.47. The normalized spacial score (nSPS) is 10.9. The predicted octanol–water partition coefficient (Wildman–Crippen LogP) is 3.17. The van der Waals surface area contributed by atoms with E-state index in [1.54, 1.807) is 0 Å². The third-order valence-corrected chi connectivity index (χ3v) is 4.18. The Kier molecular flexibility index (Phi) is 3.68. The average molecular weight is 409 g/mol. The average Bonchev–Trinajstić information content (AvgIpc) is 2.53. The van der Waals surface area contributed by atoms with Gasteiger partial charge in [0.15, 0.2) is 0 Å². The number of rotatable bonds is 3.